The fraction of sp³-hybridized carbons (Fsp3) is 0.500. The Morgan fingerprint density at radius 2 is 1.88 bits per heavy atom. The molecule has 132 valence electrons. The summed E-state index contributed by atoms with van der Waals surface area (Å²) in [5.74, 6) is 0.210. The van der Waals surface area contributed by atoms with Gasteiger partial charge in [-0.05, 0) is 41.7 Å². The molecule has 1 fully saturated rings. The second-order valence-electron chi connectivity index (χ2n) is 6.67. The molecule has 2 aliphatic rings. The van der Waals surface area contributed by atoms with Crippen LogP contribution in [0.25, 0.3) is 0 Å². The third-order valence-corrected chi connectivity index (χ3v) is 5.80. The van der Waals surface area contributed by atoms with E-state index >= 15 is 0 Å². The topological polar surface area (TPSA) is 58.4 Å². The molecule has 1 saturated heterocycles. The highest BCUT2D eigenvalue weighted by Crippen LogP contribution is 2.20. The number of hydrogen-bond donors (Lipinski definition) is 0. The molecule has 2 aromatic rings. The molecular weight excluding hydrogens is 336 g/mol. The van der Waals surface area contributed by atoms with Crippen molar-refractivity contribution in [1.82, 2.24) is 19.6 Å². The number of aryl methyl sites for hydroxylation is 1. The summed E-state index contributed by atoms with van der Waals surface area (Å²) in [6, 6.07) is 1.99. The quantitative estimate of drug-likeness (QED) is 0.841. The molecule has 2 aromatic heterocycles. The lowest BCUT2D eigenvalue weighted by atomic mass is 10.1. The van der Waals surface area contributed by atoms with Crippen LogP contribution in [0.3, 0.4) is 0 Å². The summed E-state index contributed by atoms with van der Waals surface area (Å²) in [5.41, 5.74) is 2.89. The first-order chi connectivity index (χ1) is 12.2. The van der Waals surface area contributed by atoms with Crippen molar-refractivity contribution in [3.05, 3.63) is 39.8 Å². The van der Waals surface area contributed by atoms with Gasteiger partial charge in [-0.2, -0.15) is 16.4 Å². The average molecular weight is 358 g/mol. The van der Waals surface area contributed by atoms with Gasteiger partial charge in [-0.1, -0.05) is 0 Å². The minimum absolute atomic E-state index is 0.0630. The molecule has 0 N–H and O–H groups in total. The SMILES string of the molecule is O=C(Cc1ccsc1)N1CCN(C(=O)c2cnn3c2CCCC3)CC1. The highest BCUT2D eigenvalue weighted by atomic mass is 32.1. The molecule has 0 unspecified atom stereocenters. The number of aromatic nitrogens is 2. The predicted octanol–water partition coefficient (Wildman–Crippen LogP) is 1.81. The zero-order valence-electron chi connectivity index (χ0n) is 14.2. The molecule has 4 heterocycles. The fourth-order valence-electron chi connectivity index (χ4n) is 3.61. The van der Waals surface area contributed by atoms with Crippen LogP contribution in [0.4, 0.5) is 0 Å². The molecule has 0 saturated carbocycles. The van der Waals surface area contributed by atoms with E-state index in [2.05, 4.69) is 5.10 Å². The van der Waals surface area contributed by atoms with Crippen molar-refractivity contribution in [1.29, 1.82) is 0 Å². The largest absolute Gasteiger partial charge is 0.339 e. The highest BCUT2D eigenvalue weighted by Gasteiger charge is 2.28. The number of carbonyl (C=O) groups is 2. The minimum Gasteiger partial charge on any atom is -0.339 e. The fourth-order valence-corrected chi connectivity index (χ4v) is 4.28. The third-order valence-electron chi connectivity index (χ3n) is 5.07. The Bertz CT molecular complexity index is 760. The van der Waals surface area contributed by atoms with E-state index in [1.807, 2.05) is 31.3 Å². The van der Waals surface area contributed by atoms with Crippen molar-refractivity contribution in [3.63, 3.8) is 0 Å². The van der Waals surface area contributed by atoms with E-state index in [0.29, 0.717) is 32.6 Å². The lowest BCUT2D eigenvalue weighted by Crippen LogP contribution is -2.51. The van der Waals surface area contributed by atoms with Crippen molar-refractivity contribution in [2.45, 2.75) is 32.2 Å². The zero-order valence-corrected chi connectivity index (χ0v) is 15.0. The van der Waals surface area contributed by atoms with Crippen molar-refractivity contribution in [2.24, 2.45) is 0 Å². The van der Waals surface area contributed by atoms with Crippen molar-refractivity contribution < 1.29 is 9.59 Å². The second kappa shape index (κ2) is 7.00. The zero-order chi connectivity index (χ0) is 17.2. The number of piperazine rings is 1. The molecular formula is C18H22N4O2S. The summed E-state index contributed by atoms with van der Waals surface area (Å²) in [6.45, 7) is 3.32. The van der Waals surface area contributed by atoms with Gasteiger partial charge >= 0.3 is 0 Å². The van der Waals surface area contributed by atoms with E-state index in [-0.39, 0.29) is 11.8 Å². The van der Waals surface area contributed by atoms with Gasteiger partial charge in [0.25, 0.3) is 5.91 Å². The number of nitrogens with zero attached hydrogens (tertiary/aromatic N) is 4. The summed E-state index contributed by atoms with van der Waals surface area (Å²) < 4.78 is 1.97. The number of thiophene rings is 1. The number of rotatable bonds is 3. The number of hydrogen-bond acceptors (Lipinski definition) is 4. The number of amides is 2. The summed E-state index contributed by atoms with van der Waals surface area (Å²) in [5, 5.41) is 8.37. The predicted molar refractivity (Wildman–Crippen MR) is 95.7 cm³/mol. The Labute approximate surface area is 151 Å². The number of fused-ring (bicyclic) bond motifs is 1. The first kappa shape index (κ1) is 16.3. The van der Waals surface area contributed by atoms with Crippen LogP contribution in [0, 0.1) is 0 Å². The summed E-state index contributed by atoms with van der Waals surface area (Å²) in [4.78, 5) is 28.9. The summed E-state index contributed by atoms with van der Waals surface area (Å²) in [6.07, 6.45) is 5.36. The van der Waals surface area contributed by atoms with Gasteiger partial charge in [0.2, 0.25) is 5.91 Å². The van der Waals surface area contributed by atoms with Gasteiger partial charge in [-0.25, -0.2) is 0 Å². The highest BCUT2D eigenvalue weighted by molar-refractivity contribution is 7.08. The van der Waals surface area contributed by atoms with Crippen LogP contribution in [0.2, 0.25) is 0 Å². The van der Waals surface area contributed by atoms with E-state index in [0.717, 1.165) is 42.6 Å². The van der Waals surface area contributed by atoms with Crippen LogP contribution in [-0.2, 0) is 24.2 Å². The molecule has 0 spiro atoms. The molecule has 0 aromatic carbocycles. The molecule has 6 nitrogen and oxygen atoms in total. The van der Waals surface area contributed by atoms with Crippen LogP contribution in [0.15, 0.2) is 23.0 Å². The Morgan fingerprint density at radius 3 is 2.64 bits per heavy atom. The normalized spacial score (nSPS) is 17.4. The molecule has 0 radical (unpaired) electrons. The van der Waals surface area contributed by atoms with Gasteiger partial charge in [0.1, 0.15) is 0 Å². The number of carbonyl (C=O) groups excluding carboxylic acids is 2. The lowest BCUT2D eigenvalue weighted by Gasteiger charge is -2.35. The standard InChI is InChI=1S/C18H22N4O2S/c23-17(11-14-4-10-25-13-14)20-6-8-21(9-7-20)18(24)15-12-19-22-5-2-1-3-16(15)22/h4,10,12-13H,1-3,5-9,11H2. The van der Waals surface area contributed by atoms with E-state index < -0.39 is 0 Å². The first-order valence-electron chi connectivity index (χ1n) is 8.85. The van der Waals surface area contributed by atoms with E-state index in [1.165, 1.54) is 0 Å². The molecule has 0 atom stereocenters. The van der Waals surface area contributed by atoms with Crippen LogP contribution in [-0.4, -0.2) is 57.6 Å². The van der Waals surface area contributed by atoms with Crippen molar-refractivity contribution in [2.75, 3.05) is 26.2 Å². The Hall–Kier alpha value is -2.15. The molecule has 7 heteroatoms. The second-order valence-corrected chi connectivity index (χ2v) is 7.45. The Balaban J connectivity index is 1.36. The van der Waals surface area contributed by atoms with Crippen molar-refractivity contribution in [3.8, 4) is 0 Å². The third kappa shape index (κ3) is 3.33. The average Bonchev–Trinajstić information content (AvgIpc) is 3.31. The van der Waals surface area contributed by atoms with Crippen LogP contribution < -0.4 is 0 Å². The van der Waals surface area contributed by atoms with E-state index in [1.54, 1.807) is 17.5 Å². The maximum Gasteiger partial charge on any atom is 0.257 e. The smallest absolute Gasteiger partial charge is 0.257 e. The Morgan fingerprint density at radius 1 is 1.08 bits per heavy atom. The molecule has 2 aliphatic heterocycles. The minimum atomic E-state index is 0.0630. The van der Waals surface area contributed by atoms with Gasteiger partial charge in [0.05, 0.1) is 23.9 Å². The lowest BCUT2D eigenvalue weighted by molar-refractivity contribution is -0.131. The molecule has 4 rings (SSSR count). The van der Waals surface area contributed by atoms with Gasteiger partial charge in [-0.15, -0.1) is 0 Å². The Kier molecular flexibility index (Phi) is 4.57. The van der Waals surface area contributed by atoms with Gasteiger partial charge in [-0.3, -0.25) is 14.3 Å². The van der Waals surface area contributed by atoms with E-state index in [4.69, 9.17) is 0 Å². The van der Waals surface area contributed by atoms with Crippen molar-refractivity contribution >= 4 is 23.2 Å². The molecule has 2 amide bonds. The summed E-state index contributed by atoms with van der Waals surface area (Å²) >= 11 is 1.61. The first-order valence-corrected chi connectivity index (χ1v) is 9.79. The summed E-state index contributed by atoms with van der Waals surface area (Å²) in [7, 11) is 0. The molecule has 0 aliphatic carbocycles. The van der Waals surface area contributed by atoms with Gasteiger partial charge in [0, 0.05) is 32.7 Å². The monoisotopic (exact) mass is 358 g/mol. The van der Waals surface area contributed by atoms with Crippen LogP contribution >= 0.6 is 11.3 Å². The maximum atomic E-state index is 12.8. The molecule has 0 bridgehead atoms. The van der Waals surface area contributed by atoms with Gasteiger partial charge in [0.15, 0.2) is 0 Å². The van der Waals surface area contributed by atoms with Crippen LogP contribution in [0.1, 0.15) is 34.5 Å². The maximum absolute atomic E-state index is 12.8. The van der Waals surface area contributed by atoms with Crippen LogP contribution in [0.5, 0.6) is 0 Å². The van der Waals surface area contributed by atoms with Gasteiger partial charge < -0.3 is 9.80 Å². The van der Waals surface area contributed by atoms with E-state index in [9.17, 15) is 9.59 Å². The molecule has 25 heavy (non-hydrogen) atoms.